The first-order valence-corrected chi connectivity index (χ1v) is 12.6. The van der Waals surface area contributed by atoms with Crippen molar-refractivity contribution >= 4 is 23.5 Å². The average Bonchev–Trinajstić information content (AvgIpc) is 3.32. The largest absolute Gasteiger partial charge is 0.466 e. The topological polar surface area (TPSA) is 124 Å². The number of alkyl halides is 3. The summed E-state index contributed by atoms with van der Waals surface area (Å²) in [5.74, 6) is -0.940. The Labute approximate surface area is 233 Å². The first-order chi connectivity index (χ1) is 19.4. The number of anilines is 2. The summed E-state index contributed by atoms with van der Waals surface area (Å²) >= 11 is 0. The number of rotatable bonds is 7. The maximum atomic E-state index is 13.6. The Morgan fingerprint density at radius 2 is 1.95 bits per heavy atom. The lowest BCUT2D eigenvalue weighted by atomic mass is 9.88. The fraction of sp³-hybridized carbons (Fsp3) is 0.321. The standard InChI is InChI=1S/C28H27F3N6O4/c1-16-23(25(39)41-4)24(22-11-10-18(15-32)13-19(22)7-6-12-35(3)17(2)38)37-26(33-34-27(37)40)36(16)21-9-5-8-20(14-21)28(29,30)31/h5,8-11,13-14,24H,6-7,12H2,1-4H3,(H,34,40)/t24-/m1/s1. The molecule has 0 radical (unpaired) electrons. The summed E-state index contributed by atoms with van der Waals surface area (Å²) in [4.78, 5) is 41.0. The fourth-order valence-electron chi connectivity index (χ4n) is 4.90. The minimum atomic E-state index is -4.63. The Bertz CT molecular complexity index is 1630. The van der Waals surface area contributed by atoms with Crippen LogP contribution in [0.4, 0.5) is 24.8 Å². The van der Waals surface area contributed by atoms with Crippen molar-refractivity contribution in [3.8, 4) is 6.07 Å². The molecule has 1 aliphatic rings. The summed E-state index contributed by atoms with van der Waals surface area (Å²) in [6.45, 7) is 3.41. The van der Waals surface area contributed by atoms with E-state index in [4.69, 9.17) is 4.74 Å². The Morgan fingerprint density at radius 1 is 1.22 bits per heavy atom. The Morgan fingerprint density at radius 3 is 2.59 bits per heavy atom. The van der Waals surface area contributed by atoms with Gasteiger partial charge in [0.25, 0.3) is 0 Å². The smallest absolute Gasteiger partial charge is 0.416 e. The third kappa shape index (κ3) is 5.58. The van der Waals surface area contributed by atoms with Crippen molar-refractivity contribution in [1.29, 1.82) is 5.26 Å². The van der Waals surface area contributed by atoms with Crippen molar-refractivity contribution in [2.75, 3.05) is 25.6 Å². The lowest BCUT2D eigenvalue weighted by Crippen LogP contribution is -2.38. The minimum Gasteiger partial charge on any atom is -0.466 e. The maximum Gasteiger partial charge on any atom is 0.416 e. The van der Waals surface area contributed by atoms with E-state index in [1.807, 2.05) is 0 Å². The molecule has 1 aliphatic heterocycles. The molecule has 0 aliphatic carbocycles. The highest BCUT2D eigenvalue weighted by molar-refractivity contribution is 5.93. The number of nitriles is 1. The highest BCUT2D eigenvalue weighted by Gasteiger charge is 2.41. The number of H-pyrrole nitrogens is 1. The molecule has 41 heavy (non-hydrogen) atoms. The van der Waals surface area contributed by atoms with Gasteiger partial charge in [0.15, 0.2) is 0 Å². The van der Waals surface area contributed by atoms with E-state index in [9.17, 15) is 32.8 Å². The number of ether oxygens (including phenoxy) is 1. The molecule has 10 nitrogen and oxygen atoms in total. The van der Waals surface area contributed by atoms with Crippen molar-refractivity contribution < 1.29 is 27.5 Å². The Kier molecular flexibility index (Phi) is 8.05. The normalized spacial score (nSPS) is 14.9. The predicted molar refractivity (Wildman–Crippen MR) is 142 cm³/mol. The summed E-state index contributed by atoms with van der Waals surface area (Å²) in [7, 11) is 2.83. The second-order valence-corrected chi connectivity index (χ2v) is 9.54. The van der Waals surface area contributed by atoms with Gasteiger partial charge >= 0.3 is 17.8 Å². The highest BCUT2D eigenvalue weighted by Crippen LogP contribution is 2.43. The second-order valence-electron chi connectivity index (χ2n) is 9.54. The molecule has 2 aromatic carbocycles. The molecule has 4 rings (SSSR count). The van der Waals surface area contributed by atoms with Gasteiger partial charge in [-0.1, -0.05) is 12.1 Å². The number of nitrogens with one attached hydrogen (secondary N) is 1. The number of esters is 1. The van der Waals surface area contributed by atoms with Crippen molar-refractivity contribution in [2.24, 2.45) is 0 Å². The number of aryl methyl sites for hydroxylation is 1. The van der Waals surface area contributed by atoms with Crippen LogP contribution in [0.2, 0.25) is 0 Å². The van der Waals surface area contributed by atoms with Crippen LogP contribution < -0.4 is 10.6 Å². The first kappa shape index (κ1) is 29.1. The summed E-state index contributed by atoms with van der Waals surface area (Å²) in [6.07, 6.45) is -3.72. The molecule has 13 heteroatoms. The fourth-order valence-corrected chi connectivity index (χ4v) is 4.90. The van der Waals surface area contributed by atoms with E-state index in [0.29, 0.717) is 36.1 Å². The molecular weight excluding hydrogens is 541 g/mol. The quantitative estimate of drug-likeness (QED) is 0.426. The number of hydrogen-bond acceptors (Lipinski definition) is 7. The number of aromatic amines is 1. The number of fused-ring (bicyclic) bond motifs is 1. The van der Waals surface area contributed by atoms with Gasteiger partial charge in [-0.25, -0.2) is 19.3 Å². The monoisotopic (exact) mass is 568 g/mol. The van der Waals surface area contributed by atoms with Gasteiger partial charge in [-0.3, -0.25) is 9.69 Å². The van der Waals surface area contributed by atoms with Crippen molar-refractivity contribution in [2.45, 2.75) is 38.9 Å². The maximum absolute atomic E-state index is 13.6. The van der Waals surface area contributed by atoms with Gasteiger partial charge in [0.2, 0.25) is 11.9 Å². The van der Waals surface area contributed by atoms with Crippen LogP contribution in [0.1, 0.15) is 48.6 Å². The molecule has 0 bridgehead atoms. The second kappa shape index (κ2) is 11.3. The van der Waals surface area contributed by atoms with Gasteiger partial charge in [-0.15, -0.1) is 5.10 Å². The third-order valence-corrected chi connectivity index (χ3v) is 7.02. The third-order valence-electron chi connectivity index (χ3n) is 7.02. The number of hydrogen-bond donors (Lipinski definition) is 1. The molecule has 214 valence electrons. The number of methoxy groups -OCH3 is 1. The van der Waals surface area contributed by atoms with Gasteiger partial charge in [0, 0.05) is 31.9 Å². The zero-order chi connectivity index (χ0) is 30.1. The number of nitrogens with zero attached hydrogens (tertiary/aromatic N) is 5. The summed E-state index contributed by atoms with van der Waals surface area (Å²) in [5.41, 5.74) is 0.123. The molecule has 0 unspecified atom stereocenters. The van der Waals surface area contributed by atoms with Crippen LogP contribution in [0, 0.1) is 11.3 Å². The van der Waals surface area contributed by atoms with Crippen LogP contribution in [0.25, 0.3) is 0 Å². The lowest BCUT2D eigenvalue weighted by molar-refractivity contribution is -0.138. The number of benzene rings is 2. The van der Waals surface area contributed by atoms with Gasteiger partial charge in [0.1, 0.15) is 6.04 Å². The van der Waals surface area contributed by atoms with Crippen LogP contribution in [0.3, 0.4) is 0 Å². The van der Waals surface area contributed by atoms with E-state index in [1.165, 1.54) is 42.6 Å². The average molecular weight is 569 g/mol. The molecule has 2 heterocycles. The number of carbonyl (C=O) groups is 2. The Balaban J connectivity index is 1.93. The van der Waals surface area contributed by atoms with E-state index in [-0.39, 0.29) is 28.8 Å². The first-order valence-electron chi connectivity index (χ1n) is 12.6. The van der Waals surface area contributed by atoms with Crippen molar-refractivity contribution in [1.82, 2.24) is 19.7 Å². The Hall–Kier alpha value is -4.86. The zero-order valence-corrected chi connectivity index (χ0v) is 22.7. The van der Waals surface area contributed by atoms with Gasteiger partial charge in [-0.05, 0) is 61.2 Å². The van der Waals surface area contributed by atoms with Crippen LogP contribution in [0.5, 0.6) is 0 Å². The van der Waals surface area contributed by atoms with E-state index >= 15 is 0 Å². The molecule has 0 saturated carbocycles. The van der Waals surface area contributed by atoms with E-state index < -0.39 is 29.4 Å². The van der Waals surface area contributed by atoms with Crippen LogP contribution in [-0.2, 0) is 26.9 Å². The summed E-state index contributed by atoms with van der Waals surface area (Å²) in [5, 5.41) is 16.0. The number of aromatic nitrogens is 3. The summed E-state index contributed by atoms with van der Waals surface area (Å²) in [6, 6.07) is 10.3. The number of halogens is 3. The molecule has 1 aromatic heterocycles. The van der Waals surface area contributed by atoms with Crippen LogP contribution in [0.15, 0.2) is 58.5 Å². The molecule has 1 amide bonds. The van der Waals surface area contributed by atoms with Gasteiger partial charge in [0.05, 0.1) is 29.9 Å². The molecule has 1 atom stereocenters. The van der Waals surface area contributed by atoms with E-state index in [2.05, 4.69) is 16.3 Å². The molecule has 0 fully saturated rings. The zero-order valence-electron chi connectivity index (χ0n) is 22.7. The summed E-state index contributed by atoms with van der Waals surface area (Å²) < 4.78 is 46.9. The number of allylic oxidation sites excluding steroid dienone is 1. The van der Waals surface area contributed by atoms with E-state index in [1.54, 1.807) is 30.1 Å². The van der Waals surface area contributed by atoms with Crippen molar-refractivity contribution in [3.63, 3.8) is 0 Å². The predicted octanol–water partition coefficient (Wildman–Crippen LogP) is 4.06. The SMILES string of the molecule is COC(=O)C1=C(C)N(c2cccc(C(F)(F)F)c2)c2n[nH]c(=O)n2[C@@H]1c1ccc(C#N)cc1CCCN(C)C(C)=O. The highest BCUT2D eigenvalue weighted by atomic mass is 19.4. The number of carbonyl (C=O) groups excluding carboxylic acids is 2. The molecule has 1 N–H and O–H groups in total. The minimum absolute atomic E-state index is 0.00715. The molecular formula is C28H27F3N6O4. The van der Waals surface area contributed by atoms with Crippen LogP contribution >= 0.6 is 0 Å². The molecule has 0 spiro atoms. The van der Waals surface area contributed by atoms with Gasteiger partial charge < -0.3 is 9.64 Å². The molecule has 0 saturated heterocycles. The molecule has 3 aromatic rings. The van der Waals surface area contributed by atoms with E-state index in [0.717, 1.165) is 12.1 Å². The van der Waals surface area contributed by atoms with Gasteiger partial charge in [-0.2, -0.15) is 18.4 Å². The number of amides is 1. The van der Waals surface area contributed by atoms with Crippen LogP contribution in [-0.4, -0.2) is 52.2 Å². The lowest BCUT2D eigenvalue weighted by Gasteiger charge is -2.36. The van der Waals surface area contributed by atoms with Crippen molar-refractivity contribution in [3.05, 3.63) is 86.5 Å².